The van der Waals surface area contributed by atoms with Crippen LogP contribution >= 0.6 is 11.3 Å². The van der Waals surface area contributed by atoms with Gasteiger partial charge in [0.25, 0.3) is 11.8 Å². The topological polar surface area (TPSA) is 104 Å². The van der Waals surface area contributed by atoms with Crippen molar-refractivity contribution in [3.63, 3.8) is 0 Å². The summed E-state index contributed by atoms with van der Waals surface area (Å²) in [4.78, 5) is 32.4. The van der Waals surface area contributed by atoms with Crippen LogP contribution in [0, 0.1) is 6.92 Å². The summed E-state index contributed by atoms with van der Waals surface area (Å²) in [6.07, 6.45) is -5.53. The number of amides is 2. The number of nitrogens with one attached hydrogen (secondary N) is 2. The SMILES string of the molecule is Cc1csc(CN(C)C(=O)c2cccc(C(=O)NC(Cc3ccccc3)C(O)CNCc3cccc(OC(F)(F)F)c3)c2)n1. The third kappa shape index (κ3) is 9.90. The second kappa shape index (κ2) is 15.0. The number of halogens is 3. The van der Waals surface area contributed by atoms with Gasteiger partial charge in [0.2, 0.25) is 0 Å². The molecule has 0 saturated heterocycles. The van der Waals surface area contributed by atoms with Crippen LogP contribution in [0.25, 0.3) is 0 Å². The van der Waals surface area contributed by atoms with Gasteiger partial charge in [0.05, 0.1) is 18.7 Å². The second-order valence-corrected chi connectivity index (χ2v) is 11.2. The van der Waals surface area contributed by atoms with Crippen molar-refractivity contribution in [2.24, 2.45) is 0 Å². The molecule has 0 aliphatic carbocycles. The number of aromatic nitrogens is 1. The van der Waals surface area contributed by atoms with E-state index in [0.29, 0.717) is 24.1 Å². The van der Waals surface area contributed by atoms with Crippen LogP contribution < -0.4 is 15.4 Å². The first kappa shape index (κ1) is 32.6. The Labute approximate surface area is 257 Å². The third-order valence-corrected chi connectivity index (χ3v) is 7.60. The summed E-state index contributed by atoms with van der Waals surface area (Å²) in [7, 11) is 1.67. The van der Waals surface area contributed by atoms with Gasteiger partial charge in [-0.05, 0) is 54.8 Å². The van der Waals surface area contributed by atoms with Crippen molar-refractivity contribution in [2.45, 2.75) is 44.9 Å². The molecule has 232 valence electrons. The Bertz CT molecular complexity index is 1550. The highest BCUT2D eigenvalue weighted by Gasteiger charge is 2.31. The Balaban J connectivity index is 1.41. The van der Waals surface area contributed by atoms with E-state index in [1.54, 1.807) is 31.3 Å². The van der Waals surface area contributed by atoms with E-state index >= 15 is 0 Å². The summed E-state index contributed by atoms with van der Waals surface area (Å²) < 4.78 is 41.7. The smallest absolute Gasteiger partial charge is 0.406 e. The minimum atomic E-state index is -4.80. The monoisotopic (exact) mass is 626 g/mol. The lowest BCUT2D eigenvalue weighted by atomic mass is 10.00. The van der Waals surface area contributed by atoms with Crippen molar-refractivity contribution >= 4 is 23.2 Å². The van der Waals surface area contributed by atoms with Crippen LogP contribution in [0.5, 0.6) is 5.75 Å². The molecule has 1 heterocycles. The van der Waals surface area contributed by atoms with Crippen molar-refractivity contribution < 1.29 is 32.6 Å². The number of aliphatic hydroxyl groups is 1. The standard InChI is InChI=1S/C32H33F3N4O4S/c1-21-20-44-29(37-21)19-39(2)31(42)25-12-7-11-24(16-25)30(41)38-27(15-22-8-4-3-5-9-22)28(40)18-36-17-23-10-6-13-26(14-23)43-32(33,34)35/h3-14,16,20,27-28,36,40H,15,17-19H2,1-2H3,(H,38,41). The van der Waals surface area contributed by atoms with E-state index < -0.39 is 24.4 Å². The molecule has 44 heavy (non-hydrogen) atoms. The molecule has 2 unspecified atom stereocenters. The van der Waals surface area contributed by atoms with Crippen molar-refractivity contribution in [2.75, 3.05) is 13.6 Å². The van der Waals surface area contributed by atoms with Crippen molar-refractivity contribution in [3.8, 4) is 5.75 Å². The molecule has 3 N–H and O–H groups in total. The lowest BCUT2D eigenvalue weighted by Gasteiger charge is -2.25. The van der Waals surface area contributed by atoms with Crippen LogP contribution in [-0.2, 0) is 19.5 Å². The van der Waals surface area contributed by atoms with Crippen molar-refractivity contribution in [3.05, 3.63) is 117 Å². The number of benzene rings is 3. The van der Waals surface area contributed by atoms with E-state index in [4.69, 9.17) is 0 Å². The number of alkyl halides is 3. The number of hydrogen-bond acceptors (Lipinski definition) is 7. The Kier molecular flexibility index (Phi) is 11.1. The molecule has 1 aromatic heterocycles. The number of nitrogens with zero attached hydrogens (tertiary/aromatic N) is 2. The number of aryl methyl sites for hydroxylation is 1. The molecular weight excluding hydrogens is 593 g/mol. The van der Waals surface area contributed by atoms with Gasteiger partial charge in [-0.3, -0.25) is 9.59 Å². The highest BCUT2D eigenvalue weighted by Crippen LogP contribution is 2.23. The number of rotatable bonds is 13. The minimum Gasteiger partial charge on any atom is -0.406 e. The third-order valence-electron chi connectivity index (χ3n) is 6.65. The molecule has 3 aromatic carbocycles. The molecule has 0 radical (unpaired) electrons. The van der Waals surface area contributed by atoms with Gasteiger partial charge in [0.15, 0.2) is 0 Å². The Morgan fingerprint density at radius 1 is 1.00 bits per heavy atom. The summed E-state index contributed by atoms with van der Waals surface area (Å²) in [5.74, 6) is -1.06. The Morgan fingerprint density at radius 2 is 1.70 bits per heavy atom. The highest BCUT2D eigenvalue weighted by molar-refractivity contribution is 7.09. The van der Waals surface area contributed by atoms with Gasteiger partial charge in [0.1, 0.15) is 10.8 Å². The summed E-state index contributed by atoms with van der Waals surface area (Å²) >= 11 is 1.47. The molecule has 2 atom stereocenters. The van der Waals surface area contributed by atoms with Gasteiger partial charge in [-0.1, -0.05) is 48.5 Å². The lowest BCUT2D eigenvalue weighted by molar-refractivity contribution is -0.274. The van der Waals surface area contributed by atoms with E-state index in [0.717, 1.165) is 16.3 Å². The molecular formula is C32H33F3N4O4S. The first-order chi connectivity index (χ1) is 21.0. The van der Waals surface area contributed by atoms with Gasteiger partial charge in [-0.25, -0.2) is 4.98 Å². The van der Waals surface area contributed by atoms with E-state index in [2.05, 4.69) is 20.4 Å². The Morgan fingerprint density at radius 3 is 2.41 bits per heavy atom. The predicted molar refractivity (Wildman–Crippen MR) is 161 cm³/mol. The maximum atomic E-state index is 13.4. The zero-order valence-electron chi connectivity index (χ0n) is 24.2. The first-order valence-electron chi connectivity index (χ1n) is 13.8. The number of carbonyl (C=O) groups excluding carboxylic acids is 2. The zero-order chi connectivity index (χ0) is 31.7. The largest absolute Gasteiger partial charge is 0.573 e. The van der Waals surface area contributed by atoms with Crippen LogP contribution in [0.15, 0.2) is 84.2 Å². The molecule has 0 aliphatic rings. The minimum absolute atomic E-state index is 0.0433. The number of hydrogen-bond donors (Lipinski definition) is 3. The maximum absolute atomic E-state index is 13.4. The van der Waals surface area contributed by atoms with Gasteiger partial charge in [0, 0.05) is 42.3 Å². The fraction of sp³-hybridized carbons (Fsp3) is 0.281. The molecule has 0 bridgehead atoms. The average Bonchev–Trinajstić information content (AvgIpc) is 3.40. The molecule has 2 amide bonds. The van der Waals surface area contributed by atoms with Crippen LogP contribution in [0.1, 0.15) is 42.5 Å². The number of ether oxygens (including phenoxy) is 1. The molecule has 0 saturated carbocycles. The second-order valence-electron chi connectivity index (χ2n) is 10.3. The van der Waals surface area contributed by atoms with Gasteiger partial charge >= 0.3 is 6.36 Å². The van der Waals surface area contributed by atoms with E-state index in [1.807, 2.05) is 42.6 Å². The van der Waals surface area contributed by atoms with Gasteiger partial charge in [-0.2, -0.15) is 0 Å². The fourth-order valence-corrected chi connectivity index (χ4v) is 5.35. The number of aliphatic hydroxyl groups excluding tert-OH is 1. The summed E-state index contributed by atoms with van der Waals surface area (Å²) in [5, 5.41) is 19.7. The van der Waals surface area contributed by atoms with Crippen LogP contribution in [-0.4, -0.2) is 58.9 Å². The molecule has 12 heteroatoms. The first-order valence-corrected chi connectivity index (χ1v) is 14.7. The fourth-order valence-electron chi connectivity index (χ4n) is 4.53. The maximum Gasteiger partial charge on any atom is 0.573 e. The van der Waals surface area contributed by atoms with E-state index in [-0.39, 0.29) is 30.3 Å². The zero-order valence-corrected chi connectivity index (χ0v) is 25.0. The summed E-state index contributed by atoms with van der Waals surface area (Å²) in [6, 6.07) is 20.5. The predicted octanol–water partition coefficient (Wildman–Crippen LogP) is 5.11. The van der Waals surface area contributed by atoms with Crippen molar-refractivity contribution in [1.82, 2.24) is 20.5 Å². The lowest BCUT2D eigenvalue weighted by Crippen LogP contribution is -2.48. The number of thiazole rings is 1. The van der Waals surface area contributed by atoms with E-state index in [1.165, 1.54) is 40.5 Å². The summed E-state index contributed by atoms with van der Waals surface area (Å²) in [6.45, 7) is 2.43. The normalized spacial score (nSPS) is 12.8. The average molecular weight is 627 g/mol. The molecule has 4 rings (SSSR count). The van der Waals surface area contributed by atoms with Crippen LogP contribution in [0.2, 0.25) is 0 Å². The highest BCUT2D eigenvalue weighted by atomic mass is 32.1. The molecule has 0 fully saturated rings. The quantitative estimate of drug-likeness (QED) is 0.191. The molecule has 4 aromatic rings. The van der Waals surface area contributed by atoms with Crippen LogP contribution in [0.3, 0.4) is 0 Å². The van der Waals surface area contributed by atoms with E-state index in [9.17, 15) is 27.9 Å². The van der Waals surface area contributed by atoms with Gasteiger partial charge < -0.3 is 25.4 Å². The van der Waals surface area contributed by atoms with Crippen LogP contribution in [0.4, 0.5) is 13.2 Å². The molecule has 0 aliphatic heterocycles. The van der Waals surface area contributed by atoms with Gasteiger partial charge in [-0.15, -0.1) is 24.5 Å². The summed E-state index contributed by atoms with van der Waals surface area (Å²) in [5.41, 5.74) is 2.90. The molecule has 0 spiro atoms. The number of carbonyl (C=O) groups is 2. The Hall–Kier alpha value is -4.26. The van der Waals surface area contributed by atoms with Crippen molar-refractivity contribution in [1.29, 1.82) is 0 Å². The molecule has 8 nitrogen and oxygen atoms in total.